The van der Waals surface area contributed by atoms with E-state index < -0.39 is 0 Å². The van der Waals surface area contributed by atoms with Gasteiger partial charge in [-0.3, -0.25) is 0 Å². The highest BCUT2D eigenvalue weighted by Gasteiger charge is 1.99. The number of carbonyl (C=O) groups excluding carboxylic acids is 1. The molecule has 1 N–H and O–H groups in total. The van der Waals surface area contributed by atoms with Crippen molar-refractivity contribution in [1.82, 2.24) is 0 Å². The standard InChI is InChI=1S/C5H8O2/c1-4(6)3-5(2)7/h3,6H,1-2H3/q+1. The van der Waals surface area contributed by atoms with Crippen molar-refractivity contribution in [3.05, 3.63) is 11.8 Å². The molecule has 0 aromatic heterocycles. The van der Waals surface area contributed by atoms with E-state index in [4.69, 9.17) is 5.11 Å². The second-order valence-electron chi connectivity index (χ2n) is 1.40. The third kappa shape index (κ3) is 5.21. The first-order valence-electron chi connectivity index (χ1n) is 2.01. The molecule has 0 amide bonds. The summed E-state index contributed by atoms with van der Waals surface area (Å²) < 4.78 is 0. The van der Waals surface area contributed by atoms with Gasteiger partial charge in [0.25, 0.3) is 0 Å². The molecular formula is C5H8O2+. The van der Waals surface area contributed by atoms with Gasteiger partial charge in [0, 0.05) is 0 Å². The van der Waals surface area contributed by atoms with Crippen molar-refractivity contribution in [2.24, 2.45) is 0 Å². The zero-order valence-corrected chi connectivity index (χ0v) is 4.43. The van der Waals surface area contributed by atoms with Gasteiger partial charge in [-0.25, -0.2) is 0 Å². The fourth-order valence-electron chi connectivity index (χ4n) is 0.294. The molecule has 0 rings (SSSR count). The van der Waals surface area contributed by atoms with Crippen LogP contribution in [-0.2, 0) is 4.79 Å². The van der Waals surface area contributed by atoms with Crippen molar-refractivity contribution in [2.75, 3.05) is 0 Å². The second kappa shape index (κ2) is 2.39. The summed E-state index contributed by atoms with van der Waals surface area (Å²) in [5.74, 6) is -0.0625. The summed E-state index contributed by atoms with van der Waals surface area (Å²) in [4.78, 5) is 10.0. The van der Waals surface area contributed by atoms with Crippen LogP contribution < -0.4 is 0 Å². The van der Waals surface area contributed by atoms with E-state index in [1.807, 2.05) is 0 Å². The summed E-state index contributed by atoms with van der Waals surface area (Å²) in [6.45, 7) is 2.85. The summed E-state index contributed by atoms with van der Waals surface area (Å²) in [5.41, 5.74) is 0. The molecule has 0 saturated heterocycles. The molecule has 1 radical (unpaired) electrons. The predicted molar refractivity (Wildman–Crippen MR) is 27.1 cm³/mol. The summed E-state index contributed by atoms with van der Waals surface area (Å²) in [6.07, 6.45) is 1.17. The zero-order valence-electron chi connectivity index (χ0n) is 4.43. The van der Waals surface area contributed by atoms with Crippen LogP contribution in [0.25, 0.3) is 0 Å². The largest absolute Gasteiger partial charge is 0.512 e. The van der Waals surface area contributed by atoms with Crippen molar-refractivity contribution in [3.8, 4) is 0 Å². The third-order valence-corrected chi connectivity index (χ3v) is 0.412. The number of hydrogen-bond donors (Lipinski definition) is 1. The third-order valence-electron chi connectivity index (χ3n) is 0.412. The molecule has 0 saturated carbocycles. The van der Waals surface area contributed by atoms with Crippen LogP contribution in [-0.4, -0.2) is 10.9 Å². The lowest BCUT2D eigenvalue weighted by Gasteiger charge is -1.74. The second-order valence-corrected chi connectivity index (χ2v) is 1.40. The van der Waals surface area contributed by atoms with E-state index in [0.29, 0.717) is 0 Å². The average molecular weight is 100 g/mol. The van der Waals surface area contributed by atoms with Gasteiger partial charge < -0.3 is 5.11 Å². The van der Waals surface area contributed by atoms with Crippen molar-refractivity contribution >= 4 is 5.78 Å². The monoisotopic (exact) mass is 100 g/mol. The van der Waals surface area contributed by atoms with Gasteiger partial charge in [0.15, 0.2) is 0 Å². The molecule has 7 heavy (non-hydrogen) atoms. The maximum Gasteiger partial charge on any atom is 0.467 e. The van der Waals surface area contributed by atoms with E-state index in [1.165, 1.54) is 19.9 Å². The number of ketones is 1. The maximum absolute atomic E-state index is 10.0. The summed E-state index contributed by atoms with van der Waals surface area (Å²) >= 11 is 0. The van der Waals surface area contributed by atoms with Gasteiger partial charge in [-0.05, 0) is 6.92 Å². The quantitative estimate of drug-likeness (QED) is 0.304. The Hall–Kier alpha value is -0.790. The fraction of sp³-hybridized carbons (Fsp3) is 0.400. The van der Waals surface area contributed by atoms with Crippen molar-refractivity contribution < 1.29 is 9.90 Å². The summed E-state index contributed by atoms with van der Waals surface area (Å²) in [7, 11) is 0. The van der Waals surface area contributed by atoms with Gasteiger partial charge in [-0.1, -0.05) is 0 Å². The van der Waals surface area contributed by atoms with E-state index >= 15 is 0 Å². The molecule has 0 fully saturated rings. The van der Waals surface area contributed by atoms with E-state index in [2.05, 4.69) is 0 Å². The Morgan fingerprint density at radius 3 is 2.00 bits per heavy atom. The predicted octanol–water partition coefficient (Wildman–Crippen LogP) is 1.04. The van der Waals surface area contributed by atoms with E-state index in [9.17, 15) is 4.79 Å². The molecule has 0 aliphatic carbocycles. The molecule has 0 aliphatic rings. The highest BCUT2D eigenvalue weighted by molar-refractivity contribution is 5.87. The van der Waals surface area contributed by atoms with Crippen molar-refractivity contribution in [3.63, 3.8) is 0 Å². The van der Waals surface area contributed by atoms with Crippen LogP contribution in [0, 0.1) is 0 Å². The number of carbonyl (C=O) groups is 1. The maximum atomic E-state index is 10.0. The Bertz CT molecular complexity index is 98.6. The average Bonchev–Trinajstić information content (AvgIpc) is 1.27. The molecule has 0 aliphatic heterocycles. The Labute approximate surface area is 42.5 Å². The van der Waals surface area contributed by atoms with Crippen LogP contribution in [0.3, 0.4) is 0 Å². The number of hydrogen-bond acceptors (Lipinski definition) is 2. The Morgan fingerprint density at radius 2 is 2.00 bits per heavy atom. The van der Waals surface area contributed by atoms with Crippen molar-refractivity contribution in [1.29, 1.82) is 0 Å². The lowest BCUT2D eigenvalue weighted by molar-refractivity contribution is -0.112. The van der Waals surface area contributed by atoms with Gasteiger partial charge in [0.05, 0.1) is 18.8 Å². The van der Waals surface area contributed by atoms with Gasteiger partial charge in [0.2, 0.25) is 4.79 Å². The Morgan fingerprint density at radius 1 is 1.57 bits per heavy atom. The minimum Gasteiger partial charge on any atom is -0.512 e. The van der Waals surface area contributed by atoms with Gasteiger partial charge in [-0.2, -0.15) is 0 Å². The van der Waals surface area contributed by atoms with Crippen LogP contribution >= 0.6 is 0 Å². The fourth-order valence-corrected chi connectivity index (χ4v) is 0.294. The summed E-state index contributed by atoms with van der Waals surface area (Å²) in [6, 6.07) is 0. The molecule has 39 valence electrons. The minimum absolute atomic E-state index is 0.0625. The molecule has 2 nitrogen and oxygen atoms in total. The molecule has 0 aromatic carbocycles. The summed E-state index contributed by atoms with van der Waals surface area (Å²) in [5, 5.41) is 8.36. The first-order chi connectivity index (χ1) is 3.13. The number of aliphatic hydroxyl groups is 1. The van der Waals surface area contributed by atoms with E-state index in [0.717, 1.165) is 0 Å². The van der Waals surface area contributed by atoms with Crippen molar-refractivity contribution in [2.45, 2.75) is 13.8 Å². The molecular weight excluding hydrogens is 92.1 g/mol. The Balaban J connectivity index is 3.68. The minimum atomic E-state index is -0.125. The number of allylic oxidation sites excluding steroid dienone is 2. The van der Waals surface area contributed by atoms with Gasteiger partial charge in [-0.15, -0.1) is 0 Å². The van der Waals surface area contributed by atoms with Crippen LogP contribution in [0.1, 0.15) is 13.8 Å². The molecule has 0 heterocycles. The lowest BCUT2D eigenvalue weighted by Crippen LogP contribution is -1.82. The molecule has 0 unspecified atom stereocenters. The number of aliphatic hydroxyl groups excluding tert-OH is 1. The topological polar surface area (TPSA) is 40.1 Å². The molecule has 0 aromatic rings. The SMILES string of the molecule is CC(=[O+])C=C(C)O. The van der Waals surface area contributed by atoms with Gasteiger partial charge in [0.1, 0.15) is 0 Å². The Kier molecular flexibility index (Phi) is 2.12. The smallest absolute Gasteiger partial charge is 0.467 e. The number of rotatable bonds is 1. The highest BCUT2D eigenvalue weighted by atomic mass is 16.3. The highest BCUT2D eigenvalue weighted by Crippen LogP contribution is 1.82. The molecule has 0 spiro atoms. The van der Waals surface area contributed by atoms with Crippen LogP contribution in [0.15, 0.2) is 11.8 Å². The molecule has 0 atom stereocenters. The molecule has 2 heteroatoms. The first-order valence-corrected chi connectivity index (χ1v) is 2.01. The van der Waals surface area contributed by atoms with E-state index in [1.54, 1.807) is 0 Å². The normalized spacial score (nSPS) is 11.4. The van der Waals surface area contributed by atoms with Crippen LogP contribution in [0.2, 0.25) is 0 Å². The first kappa shape index (κ1) is 6.21. The van der Waals surface area contributed by atoms with Crippen LogP contribution in [0.4, 0.5) is 0 Å². The lowest BCUT2D eigenvalue weighted by atomic mass is 10.4. The van der Waals surface area contributed by atoms with Crippen LogP contribution in [0.5, 0.6) is 0 Å². The molecule has 0 bridgehead atoms. The van der Waals surface area contributed by atoms with E-state index in [-0.39, 0.29) is 11.5 Å². The zero-order chi connectivity index (χ0) is 5.86. The van der Waals surface area contributed by atoms with Gasteiger partial charge >= 0.3 is 5.78 Å².